The van der Waals surface area contributed by atoms with Crippen molar-refractivity contribution in [1.29, 1.82) is 0 Å². The van der Waals surface area contributed by atoms with E-state index < -0.39 is 0 Å². The summed E-state index contributed by atoms with van der Waals surface area (Å²) in [5, 5.41) is 3.54. The van der Waals surface area contributed by atoms with Crippen LogP contribution in [0.5, 0.6) is 0 Å². The summed E-state index contributed by atoms with van der Waals surface area (Å²) in [6.45, 7) is 1.93. The highest BCUT2D eigenvalue weighted by molar-refractivity contribution is 5.63. The Balaban J connectivity index is 2.05. The minimum absolute atomic E-state index is 0.587. The summed E-state index contributed by atoms with van der Waals surface area (Å²) in [5.74, 6) is 0.675. The molecule has 0 amide bonds. The van der Waals surface area contributed by atoms with Gasteiger partial charge in [0, 0.05) is 34.3 Å². The van der Waals surface area contributed by atoms with E-state index in [1.807, 2.05) is 41.9 Å². The molecule has 19 heavy (non-hydrogen) atoms. The predicted octanol–water partition coefficient (Wildman–Crippen LogP) is 3.65. The summed E-state index contributed by atoms with van der Waals surface area (Å²) in [5.41, 5.74) is 11.7. The molecule has 0 bridgehead atoms. The van der Waals surface area contributed by atoms with Crippen LogP contribution in [0.4, 0.5) is 5.69 Å². The Morgan fingerprint density at radius 2 is 1.95 bits per heavy atom. The van der Waals surface area contributed by atoms with Gasteiger partial charge in [-0.2, -0.15) is 0 Å². The second kappa shape index (κ2) is 4.44. The maximum Gasteiger partial charge on any atom is 0.234 e. The molecule has 0 saturated carbocycles. The molecule has 1 aromatic carbocycles. The third-order valence-corrected chi connectivity index (χ3v) is 2.79. The van der Waals surface area contributed by atoms with Gasteiger partial charge in [0.1, 0.15) is 0 Å². The van der Waals surface area contributed by atoms with E-state index in [1.54, 1.807) is 12.1 Å². The third-order valence-electron chi connectivity index (χ3n) is 2.79. The average Bonchev–Trinajstić information content (AvgIpc) is 2.83. The van der Waals surface area contributed by atoms with Crippen LogP contribution in [0.25, 0.3) is 27.5 Å². The number of hydrogen-bond acceptors (Lipinski definition) is 3. The standard InChI is InChI=1S/C13H10N6/c1-9-6-7-19-8-12(16-13(19)15-9)10-2-4-11(5-3-10)17-18-14/h2-8H,1H3. The minimum atomic E-state index is 0.587. The van der Waals surface area contributed by atoms with Gasteiger partial charge in [-0.05, 0) is 18.5 Å². The zero-order valence-corrected chi connectivity index (χ0v) is 10.2. The van der Waals surface area contributed by atoms with Crippen molar-refractivity contribution >= 4 is 11.5 Å². The lowest BCUT2D eigenvalue weighted by molar-refractivity contribution is 1.07. The first kappa shape index (κ1) is 11.3. The summed E-state index contributed by atoms with van der Waals surface area (Å²) in [6, 6.07) is 9.20. The fourth-order valence-electron chi connectivity index (χ4n) is 1.85. The number of aromatic nitrogens is 3. The number of rotatable bonds is 2. The summed E-state index contributed by atoms with van der Waals surface area (Å²) in [4.78, 5) is 11.6. The van der Waals surface area contributed by atoms with Crippen LogP contribution in [0.15, 0.2) is 47.8 Å². The van der Waals surface area contributed by atoms with E-state index in [9.17, 15) is 0 Å². The minimum Gasteiger partial charge on any atom is -0.291 e. The number of azide groups is 1. The van der Waals surface area contributed by atoms with Gasteiger partial charge in [-0.25, -0.2) is 9.97 Å². The molecule has 92 valence electrons. The SMILES string of the molecule is Cc1ccn2cc(-c3ccc(N=[N+]=[N-])cc3)nc2n1. The fraction of sp³-hybridized carbons (Fsp3) is 0.0769. The Bertz CT molecular complexity index is 781. The highest BCUT2D eigenvalue weighted by atomic mass is 15.1. The Labute approximate surface area is 109 Å². The molecule has 0 aliphatic rings. The van der Waals surface area contributed by atoms with Crippen molar-refractivity contribution in [3.63, 3.8) is 0 Å². The van der Waals surface area contributed by atoms with Crippen LogP contribution in [0, 0.1) is 6.92 Å². The monoisotopic (exact) mass is 250 g/mol. The Kier molecular flexibility index (Phi) is 2.63. The van der Waals surface area contributed by atoms with E-state index in [4.69, 9.17) is 5.53 Å². The molecule has 0 fully saturated rings. The molecule has 0 N–H and O–H groups in total. The topological polar surface area (TPSA) is 79.0 Å². The smallest absolute Gasteiger partial charge is 0.234 e. The predicted molar refractivity (Wildman–Crippen MR) is 72.0 cm³/mol. The number of aryl methyl sites for hydroxylation is 1. The molecular weight excluding hydrogens is 240 g/mol. The maximum atomic E-state index is 8.36. The molecule has 0 saturated heterocycles. The highest BCUT2D eigenvalue weighted by Gasteiger charge is 2.05. The molecule has 0 radical (unpaired) electrons. The van der Waals surface area contributed by atoms with E-state index >= 15 is 0 Å². The first-order valence-electron chi connectivity index (χ1n) is 5.74. The van der Waals surface area contributed by atoms with E-state index in [-0.39, 0.29) is 0 Å². The van der Waals surface area contributed by atoms with Crippen molar-refractivity contribution < 1.29 is 0 Å². The lowest BCUT2D eigenvalue weighted by Gasteiger charge is -1.95. The first-order chi connectivity index (χ1) is 9.26. The lowest BCUT2D eigenvalue weighted by atomic mass is 10.1. The summed E-state index contributed by atoms with van der Waals surface area (Å²) in [7, 11) is 0. The Morgan fingerprint density at radius 3 is 2.68 bits per heavy atom. The van der Waals surface area contributed by atoms with Crippen LogP contribution < -0.4 is 0 Å². The quantitative estimate of drug-likeness (QED) is 0.395. The molecule has 6 heteroatoms. The molecular formula is C13H10N6. The molecule has 0 atom stereocenters. The zero-order chi connectivity index (χ0) is 13.2. The van der Waals surface area contributed by atoms with Crippen molar-refractivity contribution in [2.45, 2.75) is 6.92 Å². The lowest BCUT2D eigenvalue weighted by Crippen LogP contribution is -1.88. The van der Waals surface area contributed by atoms with Gasteiger partial charge in [-0.15, -0.1) is 0 Å². The Morgan fingerprint density at radius 1 is 1.16 bits per heavy atom. The molecule has 3 aromatic rings. The van der Waals surface area contributed by atoms with E-state index in [0.717, 1.165) is 17.0 Å². The Hall–Kier alpha value is -2.85. The van der Waals surface area contributed by atoms with Gasteiger partial charge in [0.05, 0.1) is 5.69 Å². The van der Waals surface area contributed by atoms with Crippen molar-refractivity contribution in [2.24, 2.45) is 5.11 Å². The molecule has 2 aromatic heterocycles. The van der Waals surface area contributed by atoms with Crippen LogP contribution >= 0.6 is 0 Å². The molecule has 6 nitrogen and oxygen atoms in total. The zero-order valence-electron chi connectivity index (χ0n) is 10.2. The van der Waals surface area contributed by atoms with E-state index in [0.29, 0.717) is 11.5 Å². The van der Waals surface area contributed by atoms with Gasteiger partial charge in [-0.3, -0.25) is 4.40 Å². The fourth-order valence-corrected chi connectivity index (χ4v) is 1.85. The van der Waals surface area contributed by atoms with Gasteiger partial charge >= 0.3 is 0 Å². The third kappa shape index (κ3) is 2.12. The average molecular weight is 250 g/mol. The summed E-state index contributed by atoms with van der Waals surface area (Å²) in [6.07, 6.45) is 3.85. The van der Waals surface area contributed by atoms with Crippen LogP contribution in [0.2, 0.25) is 0 Å². The number of fused-ring (bicyclic) bond motifs is 1. The second-order valence-corrected chi connectivity index (χ2v) is 4.14. The van der Waals surface area contributed by atoms with Crippen molar-refractivity contribution in [1.82, 2.24) is 14.4 Å². The van der Waals surface area contributed by atoms with Crippen molar-refractivity contribution in [3.8, 4) is 11.3 Å². The van der Waals surface area contributed by atoms with Gasteiger partial charge < -0.3 is 0 Å². The normalized spacial score (nSPS) is 10.4. The first-order valence-corrected chi connectivity index (χ1v) is 5.74. The molecule has 3 rings (SSSR count). The summed E-state index contributed by atoms with van der Waals surface area (Å²) < 4.78 is 1.88. The van der Waals surface area contributed by atoms with Crippen LogP contribution in [-0.2, 0) is 0 Å². The molecule has 0 aliphatic heterocycles. The number of imidazole rings is 1. The van der Waals surface area contributed by atoms with Gasteiger partial charge in [0.15, 0.2) is 0 Å². The maximum absolute atomic E-state index is 8.36. The van der Waals surface area contributed by atoms with Crippen molar-refractivity contribution in [2.75, 3.05) is 0 Å². The van der Waals surface area contributed by atoms with E-state index in [1.165, 1.54) is 0 Å². The molecule has 2 heterocycles. The van der Waals surface area contributed by atoms with Gasteiger partial charge in [-0.1, -0.05) is 29.4 Å². The molecule has 0 aliphatic carbocycles. The van der Waals surface area contributed by atoms with Crippen LogP contribution in [0.1, 0.15) is 5.69 Å². The number of benzene rings is 1. The van der Waals surface area contributed by atoms with Crippen LogP contribution in [-0.4, -0.2) is 14.4 Å². The van der Waals surface area contributed by atoms with Gasteiger partial charge in [0.2, 0.25) is 5.78 Å². The number of nitrogens with zero attached hydrogens (tertiary/aromatic N) is 6. The summed E-state index contributed by atoms with van der Waals surface area (Å²) >= 11 is 0. The molecule has 0 unspecified atom stereocenters. The molecule has 0 spiro atoms. The number of hydrogen-bond donors (Lipinski definition) is 0. The van der Waals surface area contributed by atoms with Crippen LogP contribution in [0.3, 0.4) is 0 Å². The van der Waals surface area contributed by atoms with Crippen molar-refractivity contribution in [3.05, 3.63) is 58.9 Å². The van der Waals surface area contributed by atoms with E-state index in [2.05, 4.69) is 20.0 Å². The van der Waals surface area contributed by atoms with Gasteiger partial charge in [0.25, 0.3) is 0 Å². The second-order valence-electron chi connectivity index (χ2n) is 4.14. The highest BCUT2D eigenvalue weighted by Crippen LogP contribution is 2.22. The largest absolute Gasteiger partial charge is 0.291 e.